The van der Waals surface area contributed by atoms with Gasteiger partial charge in [-0.05, 0) is 19.9 Å². The van der Waals surface area contributed by atoms with Crippen LogP contribution in [0.1, 0.15) is 19.4 Å². The summed E-state index contributed by atoms with van der Waals surface area (Å²) in [5, 5.41) is 1.31. The van der Waals surface area contributed by atoms with Crippen LogP contribution in [-0.4, -0.2) is 26.8 Å². The number of fused-ring (bicyclic) bond motifs is 1. The van der Waals surface area contributed by atoms with Crippen molar-refractivity contribution in [3.8, 4) is 11.5 Å². The summed E-state index contributed by atoms with van der Waals surface area (Å²) >= 11 is 0. The van der Waals surface area contributed by atoms with Crippen LogP contribution in [0.15, 0.2) is 29.8 Å². The topological polar surface area (TPSA) is 44.8 Å². The van der Waals surface area contributed by atoms with Crippen molar-refractivity contribution in [2.24, 2.45) is 0 Å². The minimum absolute atomic E-state index is 0.115. The third kappa shape index (κ3) is 3.13. The average molecular weight is 318 g/mol. The van der Waals surface area contributed by atoms with Crippen molar-refractivity contribution in [3.05, 3.63) is 41.2 Å². The highest BCUT2D eigenvalue weighted by Crippen LogP contribution is 2.40. The highest BCUT2D eigenvalue weighted by atomic mass is 19.1. The van der Waals surface area contributed by atoms with E-state index < -0.39 is 11.8 Å². The van der Waals surface area contributed by atoms with Gasteiger partial charge in [-0.1, -0.05) is 24.3 Å². The molecule has 0 radical (unpaired) electrons. The average Bonchev–Trinajstić information content (AvgIpc) is 2.56. The van der Waals surface area contributed by atoms with Crippen LogP contribution in [0.25, 0.3) is 16.8 Å². The van der Waals surface area contributed by atoms with Gasteiger partial charge in [0.05, 0.1) is 26.4 Å². The second-order valence-electron chi connectivity index (χ2n) is 4.89. The van der Waals surface area contributed by atoms with Gasteiger partial charge >= 0.3 is 5.97 Å². The lowest BCUT2D eigenvalue weighted by atomic mass is 10.0. The summed E-state index contributed by atoms with van der Waals surface area (Å²) in [4.78, 5) is 11.8. The number of esters is 1. The largest absolute Gasteiger partial charge is 0.495 e. The van der Waals surface area contributed by atoms with Crippen LogP contribution in [0.5, 0.6) is 11.5 Å². The van der Waals surface area contributed by atoms with E-state index in [0.717, 1.165) is 0 Å². The van der Waals surface area contributed by atoms with Gasteiger partial charge in [-0.15, -0.1) is 0 Å². The first-order chi connectivity index (χ1) is 11.0. The summed E-state index contributed by atoms with van der Waals surface area (Å²) < 4.78 is 30.4. The number of hydrogen-bond acceptors (Lipinski definition) is 4. The Hall–Kier alpha value is -2.56. The van der Waals surface area contributed by atoms with Crippen molar-refractivity contribution < 1.29 is 23.4 Å². The molecule has 2 aromatic rings. The van der Waals surface area contributed by atoms with E-state index >= 15 is 0 Å². The molecular weight excluding hydrogens is 299 g/mol. The van der Waals surface area contributed by atoms with Crippen molar-refractivity contribution in [1.82, 2.24) is 0 Å². The monoisotopic (exact) mass is 318 g/mol. The Morgan fingerprint density at radius 1 is 1.13 bits per heavy atom. The fraction of sp³-hybridized carbons (Fsp3) is 0.278. The predicted molar refractivity (Wildman–Crippen MR) is 87.3 cm³/mol. The third-order valence-electron chi connectivity index (χ3n) is 3.46. The lowest BCUT2D eigenvalue weighted by Crippen LogP contribution is -2.06. The van der Waals surface area contributed by atoms with E-state index in [0.29, 0.717) is 16.5 Å². The Bertz CT molecular complexity index is 765. The van der Waals surface area contributed by atoms with Crippen molar-refractivity contribution in [3.63, 3.8) is 0 Å². The second-order valence-corrected chi connectivity index (χ2v) is 4.89. The molecule has 0 spiro atoms. The summed E-state index contributed by atoms with van der Waals surface area (Å²) in [6.07, 6.45) is 1.42. The number of methoxy groups -OCH3 is 2. The van der Waals surface area contributed by atoms with Crippen LogP contribution < -0.4 is 9.47 Å². The maximum absolute atomic E-state index is 14.9. The molecule has 5 heteroatoms. The number of rotatable bonds is 5. The number of hydrogen-bond donors (Lipinski definition) is 0. The second kappa shape index (κ2) is 7.13. The molecular formula is C18H19FO4. The smallest absolute Gasteiger partial charge is 0.333 e. The molecule has 2 rings (SSSR count). The zero-order chi connectivity index (χ0) is 17.0. The Morgan fingerprint density at radius 3 is 2.22 bits per heavy atom. The first-order valence-corrected chi connectivity index (χ1v) is 7.22. The van der Waals surface area contributed by atoms with Gasteiger partial charge < -0.3 is 14.2 Å². The molecule has 0 saturated heterocycles. The summed E-state index contributed by atoms with van der Waals surface area (Å²) in [5.74, 6) is -0.611. The van der Waals surface area contributed by atoms with Crippen LogP contribution in [0, 0.1) is 5.82 Å². The van der Waals surface area contributed by atoms with Gasteiger partial charge in [0, 0.05) is 16.3 Å². The summed E-state index contributed by atoms with van der Waals surface area (Å²) in [6.45, 7) is 3.54. The Labute approximate surface area is 134 Å². The van der Waals surface area contributed by atoms with Gasteiger partial charge in [0.25, 0.3) is 0 Å². The van der Waals surface area contributed by atoms with Crippen LogP contribution in [-0.2, 0) is 9.53 Å². The van der Waals surface area contributed by atoms with Crippen LogP contribution in [0.3, 0.4) is 0 Å². The molecule has 2 aromatic carbocycles. The van der Waals surface area contributed by atoms with E-state index in [4.69, 9.17) is 14.2 Å². The van der Waals surface area contributed by atoms with Crippen molar-refractivity contribution in [1.29, 1.82) is 0 Å². The van der Waals surface area contributed by atoms with E-state index in [9.17, 15) is 9.18 Å². The Kier molecular flexibility index (Phi) is 5.21. The number of benzene rings is 2. The molecule has 0 aliphatic carbocycles. The Balaban J connectivity index is 2.75. The minimum atomic E-state index is -0.577. The van der Waals surface area contributed by atoms with Gasteiger partial charge in [0.15, 0.2) is 11.6 Å². The van der Waals surface area contributed by atoms with Gasteiger partial charge in [-0.3, -0.25) is 0 Å². The van der Waals surface area contributed by atoms with E-state index in [-0.39, 0.29) is 23.5 Å². The van der Waals surface area contributed by atoms with Crippen LogP contribution in [0.4, 0.5) is 4.39 Å². The molecule has 4 nitrogen and oxygen atoms in total. The summed E-state index contributed by atoms with van der Waals surface area (Å²) in [7, 11) is 2.87. The number of halogens is 1. The summed E-state index contributed by atoms with van der Waals surface area (Å²) in [5.41, 5.74) is 0.440. The highest BCUT2D eigenvalue weighted by molar-refractivity contribution is 5.99. The van der Waals surface area contributed by atoms with E-state index in [1.807, 2.05) is 12.1 Å². The maximum atomic E-state index is 14.9. The molecule has 0 aliphatic rings. The molecule has 0 saturated carbocycles. The van der Waals surface area contributed by atoms with E-state index in [2.05, 4.69) is 0 Å². The fourth-order valence-corrected chi connectivity index (χ4v) is 2.43. The van der Waals surface area contributed by atoms with Crippen LogP contribution >= 0.6 is 0 Å². The maximum Gasteiger partial charge on any atom is 0.333 e. The fourth-order valence-electron chi connectivity index (χ4n) is 2.43. The molecule has 0 amide bonds. The standard InChI is InChI=1S/C18H19FO4/c1-5-23-18(20)11(2)10-14-15(19)17(22-4)13-9-7-6-8-12(13)16(14)21-3/h6-10H,5H2,1-4H3. The number of carbonyl (C=O) groups excluding carboxylic acids is 1. The normalized spacial score (nSPS) is 11.4. The molecule has 122 valence electrons. The van der Waals surface area contributed by atoms with Gasteiger partial charge in [0.1, 0.15) is 5.75 Å². The highest BCUT2D eigenvalue weighted by Gasteiger charge is 2.20. The third-order valence-corrected chi connectivity index (χ3v) is 3.46. The predicted octanol–water partition coefficient (Wildman–Crippen LogP) is 3.96. The SMILES string of the molecule is CCOC(=O)C(C)=Cc1c(F)c(OC)c2ccccc2c1OC. The van der Waals surface area contributed by atoms with E-state index in [1.54, 1.807) is 26.0 Å². The molecule has 0 heterocycles. The quantitative estimate of drug-likeness (QED) is 0.618. The molecule has 0 fully saturated rings. The number of carbonyl (C=O) groups is 1. The lowest BCUT2D eigenvalue weighted by molar-refractivity contribution is -0.138. The lowest BCUT2D eigenvalue weighted by Gasteiger charge is -2.15. The number of ether oxygens (including phenoxy) is 3. The molecule has 0 atom stereocenters. The zero-order valence-corrected chi connectivity index (χ0v) is 13.6. The zero-order valence-electron chi connectivity index (χ0n) is 13.6. The molecule has 0 bridgehead atoms. The van der Waals surface area contributed by atoms with Crippen molar-refractivity contribution >= 4 is 22.8 Å². The molecule has 0 aromatic heterocycles. The first kappa shape index (κ1) is 16.8. The van der Waals surface area contributed by atoms with E-state index in [1.165, 1.54) is 20.3 Å². The Morgan fingerprint density at radius 2 is 1.70 bits per heavy atom. The molecule has 0 aliphatic heterocycles. The van der Waals surface area contributed by atoms with Crippen molar-refractivity contribution in [2.75, 3.05) is 20.8 Å². The van der Waals surface area contributed by atoms with Gasteiger partial charge in [0.2, 0.25) is 0 Å². The summed E-state index contributed by atoms with van der Waals surface area (Å²) in [6, 6.07) is 7.19. The molecule has 0 unspecified atom stereocenters. The molecule has 0 N–H and O–H groups in total. The minimum Gasteiger partial charge on any atom is -0.495 e. The van der Waals surface area contributed by atoms with Gasteiger partial charge in [-0.2, -0.15) is 0 Å². The first-order valence-electron chi connectivity index (χ1n) is 7.22. The van der Waals surface area contributed by atoms with Crippen LogP contribution in [0.2, 0.25) is 0 Å². The van der Waals surface area contributed by atoms with Gasteiger partial charge in [-0.25, -0.2) is 9.18 Å². The molecule has 23 heavy (non-hydrogen) atoms. The van der Waals surface area contributed by atoms with Crippen molar-refractivity contribution in [2.45, 2.75) is 13.8 Å².